The van der Waals surface area contributed by atoms with Crippen molar-refractivity contribution in [3.63, 3.8) is 0 Å². The SMILES string of the molecule is CCOc1ccccc1NC(=O)C(C)Sc1cccc(NC(=O)/C(=C\c2ccc(OC)c(OC)c2)NC(=O)c2ccccc2)c1. The number of methoxy groups -OCH3 is 2. The van der Waals surface area contributed by atoms with Crippen molar-refractivity contribution in [1.29, 1.82) is 0 Å². The molecule has 3 amide bonds. The average molecular weight is 626 g/mol. The molecular weight excluding hydrogens is 590 g/mol. The van der Waals surface area contributed by atoms with Crippen LogP contribution in [-0.4, -0.2) is 43.8 Å². The van der Waals surface area contributed by atoms with Gasteiger partial charge < -0.3 is 30.2 Å². The molecule has 3 N–H and O–H groups in total. The molecule has 0 aromatic heterocycles. The number of rotatable bonds is 13. The van der Waals surface area contributed by atoms with Gasteiger partial charge in [-0.05, 0) is 80.1 Å². The zero-order valence-corrected chi connectivity index (χ0v) is 26.3. The first-order chi connectivity index (χ1) is 21.8. The third-order valence-corrected chi connectivity index (χ3v) is 7.56. The van der Waals surface area contributed by atoms with E-state index in [1.807, 2.05) is 25.1 Å². The van der Waals surface area contributed by atoms with Crippen LogP contribution < -0.4 is 30.2 Å². The fourth-order valence-electron chi connectivity index (χ4n) is 4.24. The van der Waals surface area contributed by atoms with E-state index in [9.17, 15) is 14.4 Å². The van der Waals surface area contributed by atoms with Crippen molar-refractivity contribution in [2.24, 2.45) is 0 Å². The Labute approximate surface area is 267 Å². The van der Waals surface area contributed by atoms with Crippen molar-refractivity contribution >= 4 is 46.9 Å². The standard InChI is InChI=1S/C35H35N3O6S/c1-5-44-30-17-10-9-16-28(30)37-33(39)23(2)45-27-15-11-14-26(22-27)36-35(41)29(38-34(40)25-12-7-6-8-13-25)20-24-18-19-31(42-3)32(21-24)43-4/h6-23H,5H2,1-4H3,(H,36,41)(H,37,39)(H,38,40)/b29-20+. The molecule has 0 aliphatic heterocycles. The monoisotopic (exact) mass is 625 g/mol. The highest BCUT2D eigenvalue weighted by atomic mass is 32.2. The fraction of sp³-hybridized carbons (Fsp3) is 0.171. The molecule has 232 valence electrons. The Morgan fingerprint density at radius 1 is 0.800 bits per heavy atom. The summed E-state index contributed by atoms with van der Waals surface area (Å²) in [7, 11) is 3.05. The summed E-state index contributed by atoms with van der Waals surface area (Å²) in [6.45, 7) is 4.17. The molecule has 0 bridgehead atoms. The molecule has 0 aliphatic rings. The number of benzene rings is 4. The van der Waals surface area contributed by atoms with Gasteiger partial charge in [0.05, 0.1) is 31.8 Å². The highest BCUT2D eigenvalue weighted by Gasteiger charge is 2.19. The number of ether oxygens (including phenoxy) is 3. The third kappa shape index (κ3) is 9.14. The van der Waals surface area contributed by atoms with E-state index < -0.39 is 17.1 Å². The zero-order chi connectivity index (χ0) is 32.2. The maximum Gasteiger partial charge on any atom is 0.272 e. The van der Waals surface area contributed by atoms with Crippen LogP contribution in [0.3, 0.4) is 0 Å². The second kappa shape index (κ2) is 16.0. The molecule has 0 saturated carbocycles. The number of amides is 3. The van der Waals surface area contributed by atoms with E-state index in [0.717, 1.165) is 4.90 Å². The van der Waals surface area contributed by atoms with Crippen LogP contribution in [-0.2, 0) is 9.59 Å². The van der Waals surface area contributed by atoms with Crippen molar-refractivity contribution in [1.82, 2.24) is 5.32 Å². The molecule has 1 unspecified atom stereocenters. The summed E-state index contributed by atoms with van der Waals surface area (Å²) in [5, 5.41) is 8.08. The second-order valence-electron chi connectivity index (χ2n) is 9.65. The van der Waals surface area contributed by atoms with Crippen LogP contribution >= 0.6 is 11.8 Å². The Balaban J connectivity index is 1.51. The number of carbonyl (C=O) groups excluding carboxylic acids is 3. The van der Waals surface area contributed by atoms with Crippen LogP contribution in [0.4, 0.5) is 11.4 Å². The van der Waals surface area contributed by atoms with Gasteiger partial charge in [0.1, 0.15) is 11.4 Å². The van der Waals surface area contributed by atoms with Crippen molar-refractivity contribution in [3.05, 3.63) is 114 Å². The van der Waals surface area contributed by atoms with Gasteiger partial charge in [0.15, 0.2) is 11.5 Å². The van der Waals surface area contributed by atoms with E-state index in [2.05, 4.69) is 16.0 Å². The van der Waals surface area contributed by atoms with Gasteiger partial charge in [-0.25, -0.2) is 0 Å². The molecule has 10 heteroatoms. The van der Waals surface area contributed by atoms with Crippen molar-refractivity contribution in [2.45, 2.75) is 24.0 Å². The highest BCUT2D eigenvalue weighted by molar-refractivity contribution is 8.00. The number of anilines is 2. The number of hydrogen-bond donors (Lipinski definition) is 3. The van der Waals surface area contributed by atoms with Gasteiger partial charge in [-0.1, -0.05) is 42.5 Å². The zero-order valence-electron chi connectivity index (χ0n) is 25.5. The lowest BCUT2D eigenvalue weighted by Gasteiger charge is -2.15. The minimum absolute atomic E-state index is 0.0230. The molecule has 1 atom stereocenters. The number of carbonyl (C=O) groups is 3. The Kier molecular flexibility index (Phi) is 11.6. The van der Waals surface area contributed by atoms with Crippen molar-refractivity contribution < 1.29 is 28.6 Å². The third-order valence-electron chi connectivity index (χ3n) is 6.47. The summed E-state index contributed by atoms with van der Waals surface area (Å²) < 4.78 is 16.3. The fourth-order valence-corrected chi connectivity index (χ4v) is 5.17. The van der Waals surface area contributed by atoms with E-state index in [1.54, 1.807) is 91.9 Å². The lowest BCUT2D eigenvalue weighted by molar-refractivity contribution is -0.115. The summed E-state index contributed by atoms with van der Waals surface area (Å²) >= 11 is 1.34. The van der Waals surface area contributed by atoms with Gasteiger partial charge in [0, 0.05) is 16.1 Å². The minimum Gasteiger partial charge on any atom is -0.493 e. The predicted molar refractivity (Wildman–Crippen MR) is 178 cm³/mol. The highest BCUT2D eigenvalue weighted by Crippen LogP contribution is 2.30. The summed E-state index contributed by atoms with van der Waals surface area (Å²) in [5.74, 6) is 0.452. The Bertz CT molecular complexity index is 1680. The number of hydrogen-bond acceptors (Lipinski definition) is 7. The molecule has 45 heavy (non-hydrogen) atoms. The van der Waals surface area contributed by atoms with Gasteiger partial charge in [-0.15, -0.1) is 11.8 Å². The van der Waals surface area contributed by atoms with Crippen molar-refractivity contribution in [2.75, 3.05) is 31.5 Å². The minimum atomic E-state index is -0.533. The molecule has 0 spiro atoms. The molecule has 0 radical (unpaired) electrons. The van der Waals surface area contributed by atoms with Crippen LogP contribution in [0.25, 0.3) is 6.08 Å². The van der Waals surface area contributed by atoms with E-state index in [1.165, 1.54) is 26.0 Å². The molecule has 0 heterocycles. The maximum atomic E-state index is 13.6. The first-order valence-corrected chi connectivity index (χ1v) is 15.1. The van der Waals surface area contributed by atoms with Crippen LogP contribution in [0, 0.1) is 0 Å². The van der Waals surface area contributed by atoms with Gasteiger partial charge in [-0.3, -0.25) is 14.4 Å². The van der Waals surface area contributed by atoms with Gasteiger partial charge in [0.25, 0.3) is 11.8 Å². The lowest BCUT2D eigenvalue weighted by atomic mass is 10.1. The molecule has 4 rings (SSSR count). The van der Waals surface area contributed by atoms with Gasteiger partial charge in [0.2, 0.25) is 5.91 Å². The Morgan fingerprint density at radius 3 is 2.27 bits per heavy atom. The van der Waals surface area contributed by atoms with E-state index >= 15 is 0 Å². The number of nitrogens with one attached hydrogen (secondary N) is 3. The van der Waals surface area contributed by atoms with E-state index in [0.29, 0.717) is 46.4 Å². The van der Waals surface area contributed by atoms with E-state index in [-0.39, 0.29) is 11.6 Å². The topological polar surface area (TPSA) is 115 Å². The molecule has 9 nitrogen and oxygen atoms in total. The largest absolute Gasteiger partial charge is 0.493 e. The average Bonchev–Trinajstić information content (AvgIpc) is 3.05. The summed E-state index contributed by atoms with van der Waals surface area (Å²) in [4.78, 5) is 40.3. The quantitative estimate of drug-likeness (QED) is 0.113. The van der Waals surface area contributed by atoms with Crippen LogP contribution in [0.2, 0.25) is 0 Å². The van der Waals surface area contributed by atoms with Crippen LogP contribution in [0.1, 0.15) is 29.8 Å². The molecule has 4 aromatic rings. The Hall–Kier alpha value is -5.22. The number of para-hydroxylation sites is 2. The van der Waals surface area contributed by atoms with Gasteiger partial charge >= 0.3 is 0 Å². The smallest absolute Gasteiger partial charge is 0.272 e. The summed E-state index contributed by atoms with van der Waals surface area (Å²) in [6.07, 6.45) is 1.56. The summed E-state index contributed by atoms with van der Waals surface area (Å²) in [6, 6.07) is 28.2. The van der Waals surface area contributed by atoms with E-state index in [4.69, 9.17) is 14.2 Å². The first-order valence-electron chi connectivity index (χ1n) is 14.2. The molecule has 0 saturated heterocycles. The number of thioether (sulfide) groups is 1. The summed E-state index contributed by atoms with van der Waals surface area (Å²) in [5.41, 5.74) is 2.13. The Morgan fingerprint density at radius 2 is 1.53 bits per heavy atom. The van der Waals surface area contributed by atoms with Crippen molar-refractivity contribution in [3.8, 4) is 17.2 Å². The second-order valence-corrected chi connectivity index (χ2v) is 11.1. The normalized spacial score (nSPS) is 11.6. The lowest BCUT2D eigenvalue weighted by Crippen LogP contribution is -2.30. The molecule has 0 fully saturated rings. The first kappa shape index (κ1) is 32.7. The van der Waals surface area contributed by atoms with Crippen LogP contribution in [0.15, 0.2) is 108 Å². The maximum absolute atomic E-state index is 13.6. The molecule has 4 aromatic carbocycles. The van der Waals surface area contributed by atoms with Gasteiger partial charge in [-0.2, -0.15) is 0 Å². The van der Waals surface area contributed by atoms with Crippen LogP contribution in [0.5, 0.6) is 17.2 Å². The predicted octanol–water partition coefficient (Wildman–Crippen LogP) is 6.63. The molecule has 0 aliphatic carbocycles. The molecular formula is C35H35N3O6S.